The largest absolute Gasteiger partial charge is 0.420 e. The minimum Gasteiger partial charge on any atom is -0.381 e. The molecule has 1 aliphatic rings. The number of piperazine rings is 1. The summed E-state index contributed by atoms with van der Waals surface area (Å²) in [6.07, 6.45) is -3.55. The molecule has 3 aromatic rings. The second kappa shape index (κ2) is 10.8. The summed E-state index contributed by atoms with van der Waals surface area (Å²) in [5.41, 5.74) is -1.20. The van der Waals surface area contributed by atoms with Gasteiger partial charge in [-0.05, 0) is 37.5 Å². The van der Waals surface area contributed by atoms with Gasteiger partial charge in [-0.2, -0.15) is 36.5 Å². The van der Waals surface area contributed by atoms with E-state index in [1.165, 1.54) is 16.0 Å². The number of halogens is 6. The van der Waals surface area contributed by atoms with Crippen LogP contribution in [0.5, 0.6) is 0 Å². The Morgan fingerprint density at radius 2 is 1.68 bits per heavy atom. The summed E-state index contributed by atoms with van der Waals surface area (Å²) in [6.45, 7) is 2.10. The quantitative estimate of drug-likeness (QED) is 0.450. The van der Waals surface area contributed by atoms with Gasteiger partial charge >= 0.3 is 12.4 Å². The average Bonchev–Trinajstić information content (AvgIpc) is 2.87. The Balaban J connectivity index is 1.35. The third kappa shape index (κ3) is 6.44. The van der Waals surface area contributed by atoms with Gasteiger partial charge in [-0.15, -0.1) is 0 Å². The highest BCUT2D eigenvalue weighted by atomic mass is 19.4. The number of nitrogens with one attached hydrogen (secondary N) is 1. The van der Waals surface area contributed by atoms with E-state index in [1.807, 2.05) is 0 Å². The number of anilines is 3. The van der Waals surface area contributed by atoms with Crippen LogP contribution in [0.2, 0.25) is 0 Å². The van der Waals surface area contributed by atoms with Crippen molar-refractivity contribution >= 4 is 23.4 Å². The van der Waals surface area contributed by atoms with Crippen LogP contribution >= 0.6 is 0 Å². The lowest BCUT2D eigenvalue weighted by Crippen LogP contribution is -2.51. The van der Waals surface area contributed by atoms with E-state index in [0.717, 1.165) is 11.8 Å². The highest BCUT2D eigenvalue weighted by Gasteiger charge is 2.35. The fourth-order valence-corrected chi connectivity index (χ4v) is 3.86. The first-order chi connectivity index (χ1) is 17.9. The van der Waals surface area contributed by atoms with Crippen LogP contribution in [-0.4, -0.2) is 56.7 Å². The third-order valence-electron chi connectivity index (χ3n) is 5.86. The van der Waals surface area contributed by atoms with Crippen molar-refractivity contribution in [2.24, 2.45) is 0 Å². The number of carbonyl (C=O) groups excluding carboxylic acids is 1. The maximum Gasteiger partial charge on any atom is 0.420 e. The molecular formula is C23H22F6N8O. The number of amides is 1. The average molecular weight is 540 g/mol. The van der Waals surface area contributed by atoms with Crippen LogP contribution in [0.1, 0.15) is 30.0 Å². The highest BCUT2D eigenvalue weighted by Crippen LogP contribution is 2.34. The van der Waals surface area contributed by atoms with Crippen molar-refractivity contribution in [2.45, 2.75) is 38.2 Å². The number of carbonyl (C=O) groups is 1. The molecular weight excluding hydrogens is 518 g/mol. The fourth-order valence-electron chi connectivity index (χ4n) is 3.86. The first-order valence-electron chi connectivity index (χ1n) is 11.5. The molecule has 1 amide bonds. The standard InChI is InChI=1S/C23H22F6N8O/c1-14(35-18-12-34-33-11-17(18)23(27,28)29)2-3-15-4-5-30-19(8-15)37-7-6-36(13-20(37)38)21-31-9-16(10-32-21)22(24,25)26/h4-5,8-12,14H,2-3,6-7,13H2,1H3,(H,33,35)/t14-/m0/s1. The zero-order valence-corrected chi connectivity index (χ0v) is 20.0. The molecule has 1 atom stereocenters. The molecule has 3 aromatic heterocycles. The Bertz CT molecular complexity index is 1270. The summed E-state index contributed by atoms with van der Waals surface area (Å²) < 4.78 is 77.8. The van der Waals surface area contributed by atoms with Gasteiger partial charge in [0.1, 0.15) is 17.9 Å². The smallest absolute Gasteiger partial charge is 0.381 e. The molecule has 0 unspecified atom stereocenters. The van der Waals surface area contributed by atoms with E-state index in [1.54, 1.807) is 19.1 Å². The van der Waals surface area contributed by atoms with Crippen molar-refractivity contribution < 1.29 is 31.1 Å². The van der Waals surface area contributed by atoms with Crippen molar-refractivity contribution in [3.63, 3.8) is 0 Å². The molecule has 1 N–H and O–H groups in total. The van der Waals surface area contributed by atoms with Crippen LogP contribution in [0.25, 0.3) is 0 Å². The van der Waals surface area contributed by atoms with Crippen molar-refractivity contribution in [1.82, 2.24) is 25.1 Å². The van der Waals surface area contributed by atoms with Crippen molar-refractivity contribution in [1.29, 1.82) is 0 Å². The van der Waals surface area contributed by atoms with E-state index in [9.17, 15) is 31.1 Å². The molecule has 1 aliphatic heterocycles. The number of alkyl halides is 6. The van der Waals surface area contributed by atoms with Crippen LogP contribution < -0.4 is 15.1 Å². The van der Waals surface area contributed by atoms with Gasteiger partial charge in [0.15, 0.2) is 0 Å². The lowest BCUT2D eigenvalue weighted by molar-refractivity contribution is -0.138. The Morgan fingerprint density at radius 3 is 2.34 bits per heavy atom. The summed E-state index contributed by atoms with van der Waals surface area (Å²) in [5, 5.41) is 9.65. The summed E-state index contributed by atoms with van der Waals surface area (Å²) in [6, 6.07) is 3.15. The van der Waals surface area contributed by atoms with Gasteiger partial charge < -0.3 is 10.2 Å². The SMILES string of the molecule is C[C@@H](CCc1ccnc(N2CCN(c3ncc(C(F)(F)F)cn3)CC2=O)c1)Nc1cnncc1C(F)(F)F. The zero-order valence-electron chi connectivity index (χ0n) is 20.0. The first-order valence-corrected chi connectivity index (χ1v) is 11.5. The number of nitrogens with zero attached hydrogens (tertiary/aromatic N) is 7. The van der Waals surface area contributed by atoms with Gasteiger partial charge in [0.25, 0.3) is 0 Å². The van der Waals surface area contributed by atoms with Crippen molar-refractivity contribution in [3.05, 3.63) is 59.8 Å². The van der Waals surface area contributed by atoms with Crippen LogP contribution in [0, 0.1) is 0 Å². The predicted octanol–water partition coefficient (Wildman–Crippen LogP) is 3.99. The molecule has 4 heterocycles. The number of hydrogen-bond donors (Lipinski definition) is 1. The van der Waals surface area contributed by atoms with Crippen LogP contribution in [0.3, 0.4) is 0 Å². The lowest BCUT2D eigenvalue weighted by Gasteiger charge is -2.33. The minimum absolute atomic E-state index is 0.0206. The van der Waals surface area contributed by atoms with Crippen molar-refractivity contribution in [2.75, 3.05) is 34.8 Å². The van der Waals surface area contributed by atoms with Crippen LogP contribution in [-0.2, 0) is 23.6 Å². The first kappa shape index (κ1) is 27.0. The maximum absolute atomic E-state index is 13.2. The molecule has 1 saturated heterocycles. The molecule has 0 bridgehead atoms. The zero-order chi connectivity index (χ0) is 27.5. The summed E-state index contributed by atoms with van der Waals surface area (Å²) in [7, 11) is 0. The summed E-state index contributed by atoms with van der Waals surface area (Å²) in [4.78, 5) is 27.5. The number of aryl methyl sites for hydroxylation is 1. The number of rotatable bonds is 7. The summed E-state index contributed by atoms with van der Waals surface area (Å²) >= 11 is 0. The number of pyridine rings is 1. The Labute approximate surface area is 212 Å². The van der Waals surface area contributed by atoms with E-state index in [-0.39, 0.29) is 43.2 Å². The Hall–Kier alpha value is -4.04. The maximum atomic E-state index is 13.2. The van der Waals surface area contributed by atoms with E-state index in [0.29, 0.717) is 37.3 Å². The van der Waals surface area contributed by atoms with Gasteiger partial charge in [-0.1, -0.05) is 0 Å². The van der Waals surface area contributed by atoms with E-state index >= 15 is 0 Å². The topological polar surface area (TPSA) is 100 Å². The van der Waals surface area contributed by atoms with Gasteiger partial charge in [0, 0.05) is 37.7 Å². The molecule has 9 nitrogen and oxygen atoms in total. The molecule has 15 heteroatoms. The van der Waals surface area contributed by atoms with E-state index in [4.69, 9.17) is 0 Å². The molecule has 1 fully saturated rings. The molecule has 0 saturated carbocycles. The summed E-state index contributed by atoms with van der Waals surface area (Å²) in [5.74, 6) is 0.0929. The number of aromatic nitrogens is 5. The van der Waals surface area contributed by atoms with E-state index in [2.05, 4.69) is 30.5 Å². The van der Waals surface area contributed by atoms with Crippen LogP contribution in [0.4, 0.5) is 43.8 Å². The Kier molecular flexibility index (Phi) is 7.64. The normalized spacial score (nSPS) is 15.5. The third-order valence-corrected chi connectivity index (χ3v) is 5.86. The minimum atomic E-state index is -4.56. The molecule has 202 valence electrons. The Morgan fingerprint density at radius 1 is 0.974 bits per heavy atom. The highest BCUT2D eigenvalue weighted by molar-refractivity contribution is 5.96. The van der Waals surface area contributed by atoms with Gasteiger partial charge in [0.05, 0.1) is 23.6 Å². The fraction of sp³-hybridized carbons (Fsp3) is 0.391. The molecule has 0 aliphatic carbocycles. The molecule has 0 spiro atoms. The van der Waals surface area contributed by atoms with E-state index < -0.39 is 23.5 Å². The van der Waals surface area contributed by atoms with Gasteiger partial charge in [-0.3, -0.25) is 9.69 Å². The molecule has 0 radical (unpaired) electrons. The molecule has 0 aromatic carbocycles. The second-order valence-electron chi connectivity index (χ2n) is 8.66. The number of hydrogen-bond acceptors (Lipinski definition) is 8. The van der Waals surface area contributed by atoms with Gasteiger partial charge in [0.2, 0.25) is 11.9 Å². The van der Waals surface area contributed by atoms with Crippen LogP contribution in [0.15, 0.2) is 43.1 Å². The second-order valence-corrected chi connectivity index (χ2v) is 8.66. The monoisotopic (exact) mass is 540 g/mol. The molecule has 4 rings (SSSR count). The van der Waals surface area contributed by atoms with Crippen molar-refractivity contribution in [3.8, 4) is 0 Å². The lowest BCUT2D eigenvalue weighted by atomic mass is 10.1. The van der Waals surface area contributed by atoms with Gasteiger partial charge in [-0.25, -0.2) is 15.0 Å². The predicted molar refractivity (Wildman–Crippen MR) is 124 cm³/mol. The molecule has 38 heavy (non-hydrogen) atoms.